The van der Waals surface area contributed by atoms with E-state index in [9.17, 15) is 19.8 Å². The van der Waals surface area contributed by atoms with E-state index in [0.29, 0.717) is 16.9 Å². The van der Waals surface area contributed by atoms with Crippen LogP contribution < -0.4 is 14.8 Å². The van der Waals surface area contributed by atoms with Gasteiger partial charge in [-0.3, -0.25) is 9.59 Å². The maximum absolute atomic E-state index is 12.3. The molecule has 3 rings (SSSR count). The fourth-order valence-electron chi connectivity index (χ4n) is 2.79. The molecule has 1 fully saturated rings. The molecule has 0 spiro atoms. The van der Waals surface area contributed by atoms with Gasteiger partial charge in [-0.1, -0.05) is 6.07 Å². The summed E-state index contributed by atoms with van der Waals surface area (Å²) in [5.74, 6) is -1.20. The number of phenols is 1. The lowest BCUT2D eigenvalue weighted by molar-refractivity contribution is -0.133. The van der Waals surface area contributed by atoms with E-state index in [0.717, 1.165) is 0 Å². The van der Waals surface area contributed by atoms with Crippen molar-refractivity contribution in [1.82, 2.24) is 5.32 Å². The molecule has 1 heterocycles. The Labute approximate surface area is 149 Å². The van der Waals surface area contributed by atoms with Crippen LogP contribution in [0.25, 0.3) is 5.76 Å². The molecule has 0 bridgehead atoms. The minimum atomic E-state index is -0.855. The summed E-state index contributed by atoms with van der Waals surface area (Å²) in [6.45, 7) is 0. The van der Waals surface area contributed by atoms with E-state index in [1.807, 2.05) is 0 Å². The van der Waals surface area contributed by atoms with E-state index in [4.69, 9.17) is 9.47 Å². The van der Waals surface area contributed by atoms with Gasteiger partial charge >= 0.3 is 0 Å². The van der Waals surface area contributed by atoms with E-state index in [-0.39, 0.29) is 22.8 Å². The van der Waals surface area contributed by atoms with Crippen LogP contribution in [0.15, 0.2) is 48.0 Å². The Morgan fingerprint density at radius 2 is 1.73 bits per heavy atom. The molecular formula is C19H17NO6. The number of aromatic hydroxyl groups is 1. The number of hydrogen-bond donors (Lipinski definition) is 3. The molecular weight excluding hydrogens is 338 g/mol. The Bertz CT molecular complexity index is 901. The number of carbonyl (C=O) groups is 2. The summed E-state index contributed by atoms with van der Waals surface area (Å²) >= 11 is 0. The van der Waals surface area contributed by atoms with Crippen molar-refractivity contribution in [2.24, 2.45) is 0 Å². The zero-order valence-electron chi connectivity index (χ0n) is 14.1. The number of methoxy groups -OCH3 is 2. The lowest BCUT2D eigenvalue weighted by Crippen LogP contribution is -2.21. The van der Waals surface area contributed by atoms with Crippen molar-refractivity contribution in [3.63, 3.8) is 0 Å². The van der Waals surface area contributed by atoms with Gasteiger partial charge < -0.3 is 25.0 Å². The maximum Gasteiger partial charge on any atom is 0.293 e. The quantitative estimate of drug-likeness (QED) is 0.441. The SMILES string of the molecule is COc1ccc(/C(O)=C2/C(=O)C(=O)NC2c2ccc(O)c(OC)c2)cc1. The van der Waals surface area contributed by atoms with Gasteiger partial charge in [0.1, 0.15) is 11.5 Å². The molecule has 0 radical (unpaired) electrons. The summed E-state index contributed by atoms with van der Waals surface area (Å²) in [7, 11) is 2.91. The molecule has 1 saturated heterocycles. The first kappa shape index (κ1) is 17.3. The summed E-state index contributed by atoms with van der Waals surface area (Å²) in [6.07, 6.45) is 0. The number of aliphatic hydroxyl groups excluding tert-OH is 1. The Kier molecular flexibility index (Phi) is 4.53. The molecule has 1 aliphatic heterocycles. The van der Waals surface area contributed by atoms with Crippen LogP contribution in [0.4, 0.5) is 0 Å². The average molecular weight is 355 g/mol. The third-order valence-electron chi connectivity index (χ3n) is 4.17. The van der Waals surface area contributed by atoms with E-state index in [2.05, 4.69) is 5.32 Å². The summed E-state index contributed by atoms with van der Waals surface area (Å²) in [6, 6.07) is 10.0. The van der Waals surface area contributed by atoms with Crippen LogP contribution in [0.2, 0.25) is 0 Å². The maximum atomic E-state index is 12.3. The molecule has 0 aromatic heterocycles. The second-order valence-electron chi connectivity index (χ2n) is 5.66. The fourth-order valence-corrected chi connectivity index (χ4v) is 2.79. The summed E-state index contributed by atoms with van der Waals surface area (Å²) in [5, 5.41) is 22.9. The normalized spacial score (nSPS) is 18.5. The minimum absolute atomic E-state index is 0.0621. The van der Waals surface area contributed by atoms with Crippen LogP contribution >= 0.6 is 0 Å². The third kappa shape index (κ3) is 2.95. The van der Waals surface area contributed by atoms with Gasteiger partial charge in [0.25, 0.3) is 11.7 Å². The Balaban J connectivity index is 2.09. The van der Waals surface area contributed by atoms with Gasteiger partial charge in [0.05, 0.1) is 25.8 Å². The van der Waals surface area contributed by atoms with Crippen molar-refractivity contribution in [2.75, 3.05) is 14.2 Å². The zero-order valence-corrected chi connectivity index (χ0v) is 14.1. The van der Waals surface area contributed by atoms with Crippen LogP contribution in [-0.2, 0) is 9.59 Å². The molecule has 7 nitrogen and oxygen atoms in total. The minimum Gasteiger partial charge on any atom is -0.507 e. The van der Waals surface area contributed by atoms with Crippen molar-refractivity contribution >= 4 is 17.4 Å². The van der Waals surface area contributed by atoms with E-state index < -0.39 is 17.7 Å². The largest absolute Gasteiger partial charge is 0.507 e. The fraction of sp³-hybridized carbons (Fsp3) is 0.158. The number of rotatable bonds is 4. The van der Waals surface area contributed by atoms with E-state index >= 15 is 0 Å². The first-order valence-corrected chi connectivity index (χ1v) is 7.76. The Morgan fingerprint density at radius 3 is 2.35 bits per heavy atom. The van der Waals surface area contributed by atoms with Crippen LogP contribution in [0.3, 0.4) is 0 Å². The Morgan fingerprint density at radius 1 is 1.04 bits per heavy atom. The molecule has 0 aliphatic carbocycles. The topological polar surface area (TPSA) is 105 Å². The number of Topliss-reactive ketones (excluding diaryl/α,β-unsaturated/α-hetero) is 1. The number of aliphatic hydroxyl groups is 1. The molecule has 7 heteroatoms. The zero-order chi connectivity index (χ0) is 18.8. The molecule has 1 atom stereocenters. The second-order valence-corrected chi connectivity index (χ2v) is 5.66. The highest BCUT2D eigenvalue weighted by atomic mass is 16.5. The molecule has 2 aromatic rings. The first-order chi connectivity index (χ1) is 12.5. The van der Waals surface area contributed by atoms with Crippen molar-refractivity contribution < 1.29 is 29.3 Å². The molecule has 2 aromatic carbocycles. The number of benzene rings is 2. The summed E-state index contributed by atoms with van der Waals surface area (Å²) < 4.78 is 10.1. The number of carbonyl (C=O) groups excluding carboxylic acids is 2. The van der Waals surface area contributed by atoms with Gasteiger partial charge in [-0.25, -0.2) is 0 Å². The standard InChI is InChI=1S/C19H17NO6/c1-25-12-6-3-10(4-7-12)17(22)15-16(20-19(24)18(15)23)11-5-8-13(21)14(9-11)26-2/h3-9,16,21-22H,1-2H3,(H,20,24)/b17-15-. The monoisotopic (exact) mass is 355 g/mol. The van der Waals surface area contributed by atoms with Gasteiger partial charge in [0.2, 0.25) is 0 Å². The molecule has 1 amide bonds. The highest BCUT2D eigenvalue weighted by Gasteiger charge is 2.39. The molecule has 134 valence electrons. The van der Waals surface area contributed by atoms with Crippen LogP contribution in [0, 0.1) is 0 Å². The molecule has 3 N–H and O–H groups in total. The highest BCUT2D eigenvalue weighted by Crippen LogP contribution is 2.36. The Hall–Kier alpha value is -3.48. The van der Waals surface area contributed by atoms with E-state index in [1.165, 1.54) is 26.4 Å². The first-order valence-electron chi connectivity index (χ1n) is 7.76. The van der Waals surface area contributed by atoms with Crippen molar-refractivity contribution in [2.45, 2.75) is 6.04 Å². The third-order valence-corrected chi connectivity index (χ3v) is 4.17. The second kappa shape index (κ2) is 6.79. The number of ketones is 1. The average Bonchev–Trinajstić information content (AvgIpc) is 2.96. The highest BCUT2D eigenvalue weighted by molar-refractivity contribution is 6.46. The molecule has 0 saturated carbocycles. The number of amides is 1. The number of phenolic OH excluding ortho intramolecular Hbond substituents is 1. The number of hydrogen-bond acceptors (Lipinski definition) is 6. The van der Waals surface area contributed by atoms with Gasteiger partial charge in [0, 0.05) is 5.56 Å². The number of nitrogens with one attached hydrogen (secondary N) is 1. The van der Waals surface area contributed by atoms with Crippen LogP contribution in [-0.4, -0.2) is 36.1 Å². The lowest BCUT2D eigenvalue weighted by atomic mass is 9.95. The molecule has 26 heavy (non-hydrogen) atoms. The van der Waals surface area contributed by atoms with Gasteiger partial charge in [0.15, 0.2) is 11.5 Å². The summed E-state index contributed by atoms with van der Waals surface area (Å²) in [4.78, 5) is 24.2. The molecule has 1 unspecified atom stereocenters. The van der Waals surface area contributed by atoms with Gasteiger partial charge in [-0.15, -0.1) is 0 Å². The predicted molar refractivity (Wildman–Crippen MR) is 93.1 cm³/mol. The molecule has 1 aliphatic rings. The van der Waals surface area contributed by atoms with Crippen molar-refractivity contribution in [1.29, 1.82) is 0 Å². The predicted octanol–water partition coefficient (Wildman–Crippen LogP) is 2.12. The van der Waals surface area contributed by atoms with Crippen molar-refractivity contribution in [3.8, 4) is 17.2 Å². The lowest BCUT2D eigenvalue weighted by Gasteiger charge is -2.15. The number of ether oxygens (including phenoxy) is 2. The van der Waals surface area contributed by atoms with E-state index in [1.54, 1.807) is 30.3 Å². The van der Waals surface area contributed by atoms with Crippen LogP contribution in [0.5, 0.6) is 17.2 Å². The van der Waals surface area contributed by atoms with Gasteiger partial charge in [-0.05, 0) is 42.0 Å². The van der Waals surface area contributed by atoms with Crippen molar-refractivity contribution in [3.05, 3.63) is 59.2 Å². The van der Waals surface area contributed by atoms with Crippen LogP contribution in [0.1, 0.15) is 17.2 Å². The van der Waals surface area contributed by atoms with Gasteiger partial charge in [-0.2, -0.15) is 0 Å². The summed E-state index contributed by atoms with van der Waals surface area (Å²) in [5.41, 5.74) is 0.809. The smallest absolute Gasteiger partial charge is 0.293 e.